The molecule has 2 heterocycles. The average Bonchev–Trinajstić information content (AvgIpc) is 2.69. The van der Waals surface area contributed by atoms with Crippen molar-refractivity contribution in [1.29, 1.82) is 0 Å². The first kappa shape index (κ1) is 16.2. The second kappa shape index (κ2) is 6.90. The van der Waals surface area contributed by atoms with Crippen molar-refractivity contribution >= 4 is 34.2 Å². The van der Waals surface area contributed by atoms with Crippen LogP contribution in [0.4, 0.5) is 5.82 Å². The monoisotopic (exact) mass is 360 g/mol. The number of anilines is 1. The number of aromatic nitrogens is 3. The molecule has 1 amide bonds. The molecule has 0 spiro atoms. The number of nitrogens with one attached hydrogen (secondary N) is 1. The molecular weight excluding hydrogens is 348 g/mol. The number of fused-ring (bicyclic) bond motifs is 1. The summed E-state index contributed by atoms with van der Waals surface area (Å²) in [7, 11) is 0. The van der Waals surface area contributed by atoms with E-state index in [0.717, 1.165) is 10.9 Å². The molecule has 0 atom stereocenters. The van der Waals surface area contributed by atoms with Gasteiger partial charge in [0.25, 0.3) is 5.91 Å². The van der Waals surface area contributed by atoms with E-state index in [1.807, 2.05) is 54.6 Å². The Labute approximate surface area is 154 Å². The van der Waals surface area contributed by atoms with Crippen molar-refractivity contribution in [2.45, 2.75) is 0 Å². The quantitative estimate of drug-likeness (QED) is 0.580. The zero-order valence-corrected chi connectivity index (χ0v) is 14.3. The zero-order valence-electron chi connectivity index (χ0n) is 13.6. The Morgan fingerprint density at radius 3 is 2.42 bits per heavy atom. The first-order valence-corrected chi connectivity index (χ1v) is 8.34. The lowest BCUT2D eigenvalue weighted by atomic mass is 10.0. The molecule has 0 aliphatic rings. The summed E-state index contributed by atoms with van der Waals surface area (Å²) in [6.07, 6.45) is 1.48. The maximum absolute atomic E-state index is 13.1. The largest absolute Gasteiger partial charge is 0.306 e. The van der Waals surface area contributed by atoms with Crippen molar-refractivity contribution in [3.05, 3.63) is 83.5 Å². The van der Waals surface area contributed by atoms with Gasteiger partial charge in [0.05, 0.1) is 16.1 Å². The lowest BCUT2D eigenvalue weighted by molar-refractivity contribution is 0.102. The maximum Gasteiger partial charge on any atom is 0.259 e. The van der Waals surface area contributed by atoms with Crippen LogP contribution < -0.4 is 5.32 Å². The van der Waals surface area contributed by atoms with Crippen LogP contribution in [0.5, 0.6) is 0 Å². The molecule has 2 aromatic heterocycles. The van der Waals surface area contributed by atoms with E-state index in [-0.39, 0.29) is 5.91 Å². The van der Waals surface area contributed by atoms with Crippen molar-refractivity contribution in [3.63, 3.8) is 0 Å². The minimum atomic E-state index is -0.301. The second-order valence-electron chi connectivity index (χ2n) is 5.62. The van der Waals surface area contributed by atoms with Gasteiger partial charge in [-0.2, -0.15) is 0 Å². The molecule has 0 aliphatic heterocycles. The topological polar surface area (TPSA) is 67.8 Å². The number of pyridine rings is 1. The van der Waals surface area contributed by atoms with Crippen LogP contribution in [0.2, 0.25) is 5.02 Å². The fourth-order valence-corrected chi connectivity index (χ4v) is 2.82. The third-order valence-electron chi connectivity index (χ3n) is 3.91. The molecular formula is C20H13ClN4O. The van der Waals surface area contributed by atoms with Crippen LogP contribution in [0.3, 0.4) is 0 Å². The van der Waals surface area contributed by atoms with E-state index in [4.69, 9.17) is 11.6 Å². The van der Waals surface area contributed by atoms with Crippen LogP contribution in [-0.4, -0.2) is 21.1 Å². The van der Waals surface area contributed by atoms with Gasteiger partial charge in [0.2, 0.25) is 0 Å². The molecule has 126 valence electrons. The highest BCUT2D eigenvalue weighted by atomic mass is 35.5. The van der Waals surface area contributed by atoms with E-state index < -0.39 is 0 Å². The first-order chi connectivity index (χ1) is 12.7. The number of amides is 1. The van der Waals surface area contributed by atoms with Gasteiger partial charge in [-0.1, -0.05) is 60.1 Å². The van der Waals surface area contributed by atoms with E-state index in [9.17, 15) is 4.79 Å². The van der Waals surface area contributed by atoms with Gasteiger partial charge < -0.3 is 5.32 Å². The molecule has 26 heavy (non-hydrogen) atoms. The summed E-state index contributed by atoms with van der Waals surface area (Å²) in [6.45, 7) is 0. The van der Waals surface area contributed by atoms with E-state index in [1.54, 1.807) is 12.1 Å². The summed E-state index contributed by atoms with van der Waals surface area (Å²) in [5.41, 5.74) is 2.45. The Hall–Kier alpha value is -3.31. The van der Waals surface area contributed by atoms with Crippen LogP contribution in [0.25, 0.3) is 22.2 Å². The zero-order chi connectivity index (χ0) is 17.9. The van der Waals surface area contributed by atoms with Crippen molar-refractivity contribution in [3.8, 4) is 11.3 Å². The second-order valence-corrected chi connectivity index (χ2v) is 6.06. The predicted molar refractivity (Wildman–Crippen MR) is 102 cm³/mol. The highest BCUT2D eigenvalue weighted by Gasteiger charge is 2.19. The minimum absolute atomic E-state index is 0.301. The summed E-state index contributed by atoms with van der Waals surface area (Å²) in [4.78, 5) is 17.2. The molecule has 0 fully saturated rings. The predicted octanol–water partition coefficient (Wildman–Crippen LogP) is 4.60. The summed E-state index contributed by atoms with van der Waals surface area (Å²) in [5.74, 6) is 0.115. The van der Waals surface area contributed by atoms with Gasteiger partial charge in [-0.3, -0.25) is 4.79 Å². The molecule has 0 saturated carbocycles. The summed E-state index contributed by atoms with van der Waals surface area (Å²) >= 11 is 5.86. The molecule has 0 aliphatic carbocycles. The summed E-state index contributed by atoms with van der Waals surface area (Å²) in [6, 6.07) is 20.3. The molecule has 4 rings (SSSR count). The number of rotatable bonds is 3. The van der Waals surface area contributed by atoms with Gasteiger partial charge in [-0.15, -0.1) is 10.2 Å². The van der Waals surface area contributed by atoms with Gasteiger partial charge in [-0.05, 0) is 18.2 Å². The Kier molecular flexibility index (Phi) is 4.29. The first-order valence-electron chi connectivity index (χ1n) is 7.96. The normalized spacial score (nSPS) is 10.7. The van der Waals surface area contributed by atoms with Crippen molar-refractivity contribution < 1.29 is 4.79 Å². The van der Waals surface area contributed by atoms with Crippen molar-refractivity contribution in [2.24, 2.45) is 0 Å². The van der Waals surface area contributed by atoms with Crippen molar-refractivity contribution in [1.82, 2.24) is 15.2 Å². The van der Waals surface area contributed by atoms with Crippen LogP contribution in [-0.2, 0) is 0 Å². The van der Waals surface area contributed by atoms with Crippen LogP contribution in [0.15, 0.2) is 72.9 Å². The Bertz CT molecular complexity index is 1080. The van der Waals surface area contributed by atoms with Gasteiger partial charge in [-0.25, -0.2) is 4.98 Å². The molecule has 0 unspecified atom stereocenters. The number of carbonyl (C=O) groups is 1. The van der Waals surface area contributed by atoms with Gasteiger partial charge in [0.1, 0.15) is 11.5 Å². The smallest absolute Gasteiger partial charge is 0.259 e. The number of hydrogen-bond acceptors (Lipinski definition) is 4. The Morgan fingerprint density at radius 1 is 0.885 bits per heavy atom. The fraction of sp³-hybridized carbons (Fsp3) is 0. The molecule has 6 heteroatoms. The highest BCUT2D eigenvalue weighted by molar-refractivity contribution is 6.30. The van der Waals surface area contributed by atoms with E-state index >= 15 is 0 Å². The molecule has 4 aromatic rings. The number of hydrogen-bond donors (Lipinski definition) is 1. The summed E-state index contributed by atoms with van der Waals surface area (Å²) in [5, 5.41) is 12.6. The number of halogens is 1. The van der Waals surface area contributed by atoms with Crippen molar-refractivity contribution in [2.75, 3.05) is 5.32 Å². The molecule has 2 aromatic carbocycles. The van der Waals surface area contributed by atoms with Crippen LogP contribution >= 0.6 is 11.6 Å². The lowest BCUT2D eigenvalue weighted by Gasteiger charge is -2.11. The molecule has 5 nitrogen and oxygen atoms in total. The maximum atomic E-state index is 13.1. The van der Waals surface area contributed by atoms with E-state index in [1.165, 1.54) is 6.20 Å². The Balaban J connectivity index is 1.85. The highest BCUT2D eigenvalue weighted by Crippen LogP contribution is 2.27. The van der Waals surface area contributed by atoms with Crippen LogP contribution in [0, 0.1) is 0 Å². The SMILES string of the molecule is O=C(Nc1ccc(Cl)cn1)c1c(-c2ccccc2)nnc2ccccc12. The molecule has 0 saturated heterocycles. The molecule has 1 N–H and O–H groups in total. The molecule has 0 radical (unpaired) electrons. The summed E-state index contributed by atoms with van der Waals surface area (Å²) < 4.78 is 0. The number of nitrogens with zero attached hydrogens (tertiary/aromatic N) is 3. The Morgan fingerprint density at radius 2 is 1.65 bits per heavy atom. The van der Waals surface area contributed by atoms with Gasteiger partial charge >= 0.3 is 0 Å². The van der Waals surface area contributed by atoms with Crippen LogP contribution in [0.1, 0.15) is 10.4 Å². The van der Waals surface area contributed by atoms with Gasteiger partial charge in [0.15, 0.2) is 0 Å². The van der Waals surface area contributed by atoms with E-state index in [0.29, 0.717) is 27.6 Å². The molecule has 0 bridgehead atoms. The van der Waals surface area contributed by atoms with Gasteiger partial charge in [0, 0.05) is 17.1 Å². The third kappa shape index (κ3) is 3.12. The lowest BCUT2D eigenvalue weighted by Crippen LogP contribution is -2.16. The number of benzene rings is 2. The average molecular weight is 361 g/mol. The minimum Gasteiger partial charge on any atom is -0.306 e. The fourth-order valence-electron chi connectivity index (χ4n) is 2.71. The van der Waals surface area contributed by atoms with E-state index in [2.05, 4.69) is 20.5 Å². The standard InChI is InChI=1S/C20H13ClN4O/c21-14-10-11-17(22-12-14)23-20(26)18-15-8-4-5-9-16(15)24-25-19(18)13-6-2-1-3-7-13/h1-12H,(H,22,23,26). The third-order valence-corrected chi connectivity index (χ3v) is 4.13. The number of carbonyl (C=O) groups excluding carboxylic acids is 1.